The van der Waals surface area contributed by atoms with E-state index in [1.54, 1.807) is 12.4 Å². The highest BCUT2D eigenvalue weighted by Crippen LogP contribution is 2.13. The third-order valence-corrected chi connectivity index (χ3v) is 4.78. The van der Waals surface area contributed by atoms with Gasteiger partial charge in [-0.3, -0.25) is 9.69 Å². The molecule has 0 radical (unpaired) electrons. The van der Waals surface area contributed by atoms with Crippen molar-refractivity contribution in [3.63, 3.8) is 0 Å². The van der Waals surface area contributed by atoms with E-state index in [0.717, 1.165) is 64.8 Å². The number of morpholine rings is 1. The lowest BCUT2D eigenvalue weighted by Gasteiger charge is -2.34. The highest BCUT2D eigenvalue weighted by atomic mass is 16.5. The highest BCUT2D eigenvalue weighted by Gasteiger charge is 2.18. The van der Waals surface area contributed by atoms with Gasteiger partial charge in [0.15, 0.2) is 0 Å². The summed E-state index contributed by atoms with van der Waals surface area (Å²) in [6.45, 7) is 7.68. The zero-order valence-corrected chi connectivity index (χ0v) is 15.5. The summed E-state index contributed by atoms with van der Waals surface area (Å²) in [6.07, 6.45) is 3.47. The van der Waals surface area contributed by atoms with Gasteiger partial charge in [-0.1, -0.05) is 6.07 Å². The van der Waals surface area contributed by atoms with Crippen LogP contribution in [0.25, 0.3) is 0 Å². The molecule has 1 aromatic rings. The average Bonchev–Trinajstić information content (AvgIpc) is 2.74. The fourth-order valence-corrected chi connectivity index (χ4v) is 3.19. The fourth-order valence-electron chi connectivity index (χ4n) is 3.19. The molecule has 1 amide bonds. The van der Waals surface area contributed by atoms with E-state index in [0.29, 0.717) is 6.54 Å². The number of nitrogens with one attached hydrogen (secondary N) is 1. The number of carbonyl (C=O) groups excluding carboxylic acids is 1. The molecule has 2 fully saturated rings. The molecule has 0 atom stereocenters. The van der Waals surface area contributed by atoms with Crippen molar-refractivity contribution in [2.24, 2.45) is 0 Å². The lowest BCUT2D eigenvalue weighted by atomic mass is 10.2. The third-order valence-electron chi connectivity index (χ3n) is 4.78. The number of aromatic nitrogens is 1. The molecule has 1 N–H and O–H groups in total. The number of pyridine rings is 1. The Labute approximate surface area is 160 Å². The molecule has 8 nitrogen and oxygen atoms in total. The molecule has 2 aliphatic rings. The third kappa shape index (κ3) is 5.67. The Morgan fingerprint density at radius 2 is 2.00 bits per heavy atom. The highest BCUT2D eigenvalue weighted by molar-refractivity contribution is 5.97. The van der Waals surface area contributed by atoms with Crippen molar-refractivity contribution in [3.05, 3.63) is 36.2 Å². The van der Waals surface area contributed by atoms with Crippen LogP contribution in [0.3, 0.4) is 0 Å². The summed E-state index contributed by atoms with van der Waals surface area (Å²) < 4.78 is 5.31. The van der Waals surface area contributed by atoms with Gasteiger partial charge in [0.1, 0.15) is 17.5 Å². The van der Waals surface area contributed by atoms with Crippen molar-refractivity contribution in [1.82, 2.24) is 20.1 Å². The first-order chi connectivity index (χ1) is 13.3. The number of amides is 1. The normalized spacial score (nSPS) is 18.9. The first kappa shape index (κ1) is 19.1. The molecular weight excluding hydrogens is 344 g/mol. The molecule has 144 valence electrons. The van der Waals surface area contributed by atoms with E-state index in [2.05, 4.69) is 20.1 Å². The van der Waals surface area contributed by atoms with Crippen LogP contribution >= 0.6 is 0 Å². The van der Waals surface area contributed by atoms with Gasteiger partial charge in [-0.2, -0.15) is 5.26 Å². The zero-order chi connectivity index (χ0) is 18.9. The number of hydrogen-bond acceptors (Lipinski definition) is 7. The molecule has 8 heteroatoms. The van der Waals surface area contributed by atoms with Crippen molar-refractivity contribution < 1.29 is 9.53 Å². The van der Waals surface area contributed by atoms with Crippen molar-refractivity contribution in [2.75, 3.05) is 70.5 Å². The molecule has 0 bridgehead atoms. The minimum atomic E-state index is -0.307. The number of rotatable bonds is 6. The molecular formula is C19H26N6O2. The second-order valence-corrected chi connectivity index (χ2v) is 6.58. The number of anilines is 1. The lowest BCUT2D eigenvalue weighted by molar-refractivity contribution is -0.117. The molecule has 1 aromatic heterocycles. The Kier molecular flexibility index (Phi) is 7.02. The van der Waals surface area contributed by atoms with Crippen LogP contribution in [0.1, 0.15) is 0 Å². The zero-order valence-electron chi connectivity index (χ0n) is 15.5. The van der Waals surface area contributed by atoms with Gasteiger partial charge in [0.2, 0.25) is 0 Å². The van der Waals surface area contributed by atoms with Crippen LogP contribution in [0.15, 0.2) is 36.2 Å². The van der Waals surface area contributed by atoms with Gasteiger partial charge < -0.3 is 19.9 Å². The Morgan fingerprint density at radius 1 is 1.22 bits per heavy atom. The maximum absolute atomic E-state index is 12.3. The predicted octanol–water partition coefficient (Wildman–Crippen LogP) is 0.0595. The van der Waals surface area contributed by atoms with Gasteiger partial charge in [-0.15, -0.1) is 0 Å². The maximum Gasteiger partial charge on any atom is 0.263 e. The van der Waals surface area contributed by atoms with Crippen LogP contribution in [-0.4, -0.2) is 86.3 Å². The van der Waals surface area contributed by atoms with Crippen LogP contribution in [0.5, 0.6) is 0 Å². The molecule has 3 rings (SSSR count). The van der Waals surface area contributed by atoms with E-state index in [-0.39, 0.29) is 11.5 Å². The fraction of sp³-hybridized carbons (Fsp3) is 0.526. The van der Waals surface area contributed by atoms with Crippen molar-refractivity contribution in [1.29, 1.82) is 5.26 Å². The summed E-state index contributed by atoms with van der Waals surface area (Å²) in [5.74, 6) is 0.653. The van der Waals surface area contributed by atoms with E-state index >= 15 is 0 Å². The van der Waals surface area contributed by atoms with Crippen LogP contribution in [-0.2, 0) is 9.53 Å². The summed E-state index contributed by atoms with van der Waals surface area (Å²) in [5, 5.41) is 12.2. The summed E-state index contributed by atoms with van der Waals surface area (Å²) >= 11 is 0. The Morgan fingerprint density at radius 3 is 2.67 bits per heavy atom. The molecule has 0 spiro atoms. The second kappa shape index (κ2) is 9.90. The molecule has 3 heterocycles. The topological polar surface area (TPSA) is 84.7 Å². The number of nitriles is 1. The lowest BCUT2D eigenvalue weighted by Crippen LogP contribution is -2.45. The van der Waals surface area contributed by atoms with Gasteiger partial charge in [0.25, 0.3) is 5.91 Å². The Balaban J connectivity index is 1.45. The van der Waals surface area contributed by atoms with E-state index in [9.17, 15) is 10.1 Å². The van der Waals surface area contributed by atoms with Crippen LogP contribution in [0, 0.1) is 11.3 Å². The van der Waals surface area contributed by atoms with E-state index in [4.69, 9.17) is 4.74 Å². The molecule has 0 aromatic carbocycles. The first-order valence-electron chi connectivity index (χ1n) is 9.36. The van der Waals surface area contributed by atoms with E-state index in [1.165, 1.54) is 0 Å². The van der Waals surface area contributed by atoms with Gasteiger partial charge in [-0.05, 0) is 12.1 Å². The predicted molar refractivity (Wildman–Crippen MR) is 102 cm³/mol. The number of hydrogen-bond donors (Lipinski definition) is 1. The number of piperazine rings is 1. The minimum Gasteiger partial charge on any atom is -0.379 e. The van der Waals surface area contributed by atoms with E-state index in [1.807, 2.05) is 29.2 Å². The largest absolute Gasteiger partial charge is 0.379 e. The first-order valence-corrected chi connectivity index (χ1v) is 9.36. The maximum atomic E-state index is 12.3. The molecule has 2 saturated heterocycles. The minimum absolute atomic E-state index is 0.156. The average molecular weight is 370 g/mol. The van der Waals surface area contributed by atoms with Gasteiger partial charge >= 0.3 is 0 Å². The molecule has 0 aliphatic carbocycles. The number of carbonyl (C=O) groups is 1. The SMILES string of the molecule is N#C/C(=C/N1CCN(c2ccccn2)CC1)C(=O)NCCN1CCOCC1. The Hall–Kier alpha value is -2.63. The van der Waals surface area contributed by atoms with E-state index < -0.39 is 0 Å². The second-order valence-electron chi connectivity index (χ2n) is 6.58. The monoisotopic (exact) mass is 370 g/mol. The van der Waals surface area contributed by atoms with Crippen molar-refractivity contribution in [2.45, 2.75) is 0 Å². The van der Waals surface area contributed by atoms with Gasteiger partial charge in [0.05, 0.1) is 13.2 Å². The summed E-state index contributed by atoms with van der Waals surface area (Å²) in [5.41, 5.74) is 0.156. The van der Waals surface area contributed by atoms with Crippen LogP contribution in [0.4, 0.5) is 5.82 Å². The summed E-state index contributed by atoms with van der Waals surface area (Å²) in [4.78, 5) is 23.1. The number of ether oxygens (including phenoxy) is 1. The van der Waals surface area contributed by atoms with Crippen molar-refractivity contribution in [3.8, 4) is 6.07 Å². The Bertz CT molecular complexity index is 673. The van der Waals surface area contributed by atoms with Gasteiger partial charge in [0, 0.05) is 64.8 Å². The van der Waals surface area contributed by atoms with Crippen molar-refractivity contribution >= 4 is 11.7 Å². The molecule has 0 saturated carbocycles. The molecule has 27 heavy (non-hydrogen) atoms. The standard InChI is InChI=1S/C19H26N6O2/c20-15-17(19(26)22-5-6-23-11-13-27-14-12-23)16-24-7-9-25(10-8-24)18-3-1-2-4-21-18/h1-4,16H,5-14H2,(H,22,26)/b17-16-. The smallest absolute Gasteiger partial charge is 0.263 e. The molecule has 2 aliphatic heterocycles. The van der Waals surface area contributed by atoms with Crippen LogP contribution < -0.4 is 10.2 Å². The quantitative estimate of drug-likeness (QED) is 0.560. The molecule has 0 unspecified atom stereocenters. The van der Waals surface area contributed by atoms with Gasteiger partial charge in [-0.25, -0.2) is 4.98 Å². The number of nitrogens with zero attached hydrogens (tertiary/aromatic N) is 5. The summed E-state index contributed by atoms with van der Waals surface area (Å²) in [6, 6.07) is 7.90. The van der Waals surface area contributed by atoms with Crippen LogP contribution in [0.2, 0.25) is 0 Å². The summed E-state index contributed by atoms with van der Waals surface area (Å²) in [7, 11) is 0.